The van der Waals surface area contributed by atoms with Crippen LogP contribution in [0.4, 0.5) is 0 Å². The van der Waals surface area contributed by atoms with E-state index in [1.807, 2.05) is 0 Å². The normalized spacial score (nSPS) is 2.57. The Labute approximate surface area is 136 Å². The first-order chi connectivity index (χ1) is 1.41. The van der Waals surface area contributed by atoms with Crippen LogP contribution in [-0.4, -0.2) is 10.5 Å². The topological polar surface area (TPSA) is 49.7 Å². The van der Waals surface area contributed by atoms with Gasteiger partial charge in [0.15, 0.2) is 0 Å². The minimum atomic E-state index is 0. The molecular formula is H2O3U4. The molecule has 0 aliphatic heterocycles. The molecule has 0 saturated carbocycles. The van der Waals surface area contributed by atoms with Crippen LogP contribution in [0.25, 0.3) is 0 Å². The van der Waals surface area contributed by atoms with Gasteiger partial charge in [-0.25, -0.2) is 10.5 Å². The molecule has 0 aromatic rings. The summed E-state index contributed by atoms with van der Waals surface area (Å²) in [4.78, 5) is 0. The van der Waals surface area contributed by atoms with E-state index < -0.39 is 0 Å². The minimum Gasteiger partial charge on any atom is -0.221 e. The van der Waals surface area contributed by atoms with Gasteiger partial charge in [-0.2, -0.15) is 0 Å². The van der Waals surface area contributed by atoms with Crippen LogP contribution in [0.5, 0.6) is 0 Å². The van der Waals surface area contributed by atoms with Crippen molar-refractivity contribution in [3.63, 3.8) is 0 Å². The summed E-state index contributed by atoms with van der Waals surface area (Å²) >= 11 is 0. The summed E-state index contributed by atoms with van der Waals surface area (Å²) in [5.41, 5.74) is 0. The molecule has 0 rings (SSSR count). The van der Waals surface area contributed by atoms with Crippen LogP contribution in [0.2, 0.25) is 0 Å². The standard InChI is InChI=1S/H2O3.4U/c1-3-2;;;;/h1-2H;;;;. The van der Waals surface area contributed by atoms with Crippen molar-refractivity contribution in [2.75, 3.05) is 0 Å². The van der Waals surface area contributed by atoms with Crippen LogP contribution in [-0.2, 0) is 5.04 Å². The Bertz CT molecular complexity index is 6.90. The van der Waals surface area contributed by atoms with Gasteiger partial charge >= 0.3 is 0 Å². The molecule has 0 spiro atoms. The van der Waals surface area contributed by atoms with Gasteiger partial charge in [0.1, 0.15) is 0 Å². The summed E-state index contributed by atoms with van der Waals surface area (Å²) in [6, 6.07) is 0. The second kappa shape index (κ2) is 32.2. The van der Waals surface area contributed by atoms with E-state index in [0.29, 0.717) is 0 Å². The predicted molar refractivity (Wildman–Crippen MR) is 6.34 cm³/mol. The molecule has 0 aliphatic rings. The summed E-state index contributed by atoms with van der Waals surface area (Å²) in [6.07, 6.45) is 0. The number of hydrogen-bond acceptors (Lipinski definition) is 3. The summed E-state index contributed by atoms with van der Waals surface area (Å²) in [7, 11) is 0. The molecular weight excluding hydrogens is 1000 g/mol. The zero-order valence-electron chi connectivity index (χ0n) is 3.30. The third-order valence-electron chi connectivity index (χ3n) is 0. The van der Waals surface area contributed by atoms with E-state index in [-0.39, 0.29) is 124 Å². The predicted octanol–water partition coefficient (Wildman–Crippen LogP) is -0.0510. The summed E-state index contributed by atoms with van der Waals surface area (Å²) in [5.74, 6) is 0. The molecule has 0 bridgehead atoms. The van der Waals surface area contributed by atoms with Gasteiger partial charge in [-0.3, -0.25) is 0 Å². The summed E-state index contributed by atoms with van der Waals surface area (Å²) in [5, 5.41) is 15.5. The van der Waals surface area contributed by atoms with Crippen molar-refractivity contribution in [2.45, 2.75) is 0 Å². The van der Waals surface area contributed by atoms with Gasteiger partial charge < -0.3 is 0 Å². The van der Waals surface area contributed by atoms with Crippen molar-refractivity contribution in [3.05, 3.63) is 0 Å². The Hall–Kier alpha value is 4.09. The first kappa shape index (κ1) is 30.4. The van der Waals surface area contributed by atoms with Gasteiger partial charge in [-0.05, 0) is 0 Å². The molecule has 0 atom stereocenters. The molecule has 3 nitrogen and oxygen atoms in total. The van der Waals surface area contributed by atoms with Crippen LogP contribution in [0.1, 0.15) is 0 Å². The Morgan fingerprint density at radius 2 is 0.714 bits per heavy atom. The molecule has 0 unspecified atom stereocenters. The van der Waals surface area contributed by atoms with E-state index in [1.165, 1.54) is 0 Å². The smallest absolute Gasteiger partial charge is 0 e. The average Bonchev–Trinajstić information content (AvgIpc) is 0.918. The van der Waals surface area contributed by atoms with Gasteiger partial charge in [-0.1, -0.05) is 5.04 Å². The van der Waals surface area contributed by atoms with Crippen molar-refractivity contribution >= 4 is 0 Å². The maximum absolute atomic E-state index is 6.62. The van der Waals surface area contributed by atoms with E-state index in [2.05, 4.69) is 5.04 Å². The van der Waals surface area contributed by atoms with E-state index in [4.69, 9.17) is 10.5 Å². The molecule has 0 radical (unpaired) electrons. The summed E-state index contributed by atoms with van der Waals surface area (Å²) < 4.78 is 0. The molecule has 0 amide bonds. The molecule has 7 heavy (non-hydrogen) atoms. The molecule has 7 heteroatoms. The first-order valence-corrected chi connectivity index (χ1v) is 0.365. The van der Waals surface area contributed by atoms with Crippen molar-refractivity contribution in [2.24, 2.45) is 0 Å². The second-order valence-electron chi connectivity index (χ2n) is 0.0816. The maximum Gasteiger partial charge on any atom is 0 e. The van der Waals surface area contributed by atoms with Crippen LogP contribution in [0.3, 0.4) is 0 Å². The molecule has 2 N–H and O–H groups in total. The zero-order chi connectivity index (χ0) is 2.71. The molecule has 0 saturated heterocycles. The van der Waals surface area contributed by atoms with Crippen LogP contribution in [0.15, 0.2) is 0 Å². The monoisotopic (exact) mass is 1000 g/mol. The zero-order valence-corrected chi connectivity index (χ0v) is 20.0. The third-order valence-corrected chi connectivity index (χ3v) is 0. The van der Waals surface area contributed by atoms with E-state index >= 15 is 0 Å². The van der Waals surface area contributed by atoms with Gasteiger partial charge in [0.2, 0.25) is 0 Å². The van der Waals surface area contributed by atoms with E-state index in [0.717, 1.165) is 0 Å². The number of hydrogen-bond donors (Lipinski definition) is 2. The third kappa shape index (κ3) is 39.5. The Morgan fingerprint density at radius 1 is 0.714 bits per heavy atom. The maximum atomic E-state index is 6.62. The second-order valence-corrected chi connectivity index (χ2v) is 0.0816. The SMILES string of the molecule is OOO.[U].[U].[U].[U]. The fraction of sp³-hybridized carbons (Fsp3) is 0. The van der Waals surface area contributed by atoms with Crippen molar-refractivity contribution in [3.8, 4) is 0 Å². The molecule has 0 heterocycles. The van der Waals surface area contributed by atoms with Crippen LogP contribution in [0, 0.1) is 124 Å². The van der Waals surface area contributed by atoms with E-state index in [9.17, 15) is 0 Å². The molecule has 0 aliphatic carbocycles. The summed E-state index contributed by atoms with van der Waals surface area (Å²) in [6.45, 7) is 0. The van der Waals surface area contributed by atoms with Gasteiger partial charge in [0, 0.05) is 124 Å². The molecule has 0 aromatic carbocycles. The van der Waals surface area contributed by atoms with Crippen LogP contribution < -0.4 is 0 Å². The Kier molecular flexibility index (Phi) is 140. The molecule has 0 fully saturated rings. The van der Waals surface area contributed by atoms with Crippen molar-refractivity contribution in [1.29, 1.82) is 0 Å². The molecule has 36 valence electrons. The van der Waals surface area contributed by atoms with Crippen molar-refractivity contribution < 1.29 is 140 Å². The van der Waals surface area contributed by atoms with Crippen LogP contribution >= 0.6 is 0 Å². The van der Waals surface area contributed by atoms with Crippen molar-refractivity contribution in [1.82, 2.24) is 0 Å². The average molecular weight is 1000 g/mol. The Morgan fingerprint density at radius 3 is 0.714 bits per heavy atom. The van der Waals surface area contributed by atoms with E-state index in [1.54, 1.807) is 0 Å². The van der Waals surface area contributed by atoms with Gasteiger partial charge in [0.05, 0.1) is 0 Å². The fourth-order valence-corrected chi connectivity index (χ4v) is 0. The van der Waals surface area contributed by atoms with Gasteiger partial charge in [0.25, 0.3) is 0 Å². The fourth-order valence-electron chi connectivity index (χ4n) is 0. The Balaban J connectivity index is -0.00000000333. The van der Waals surface area contributed by atoms with Gasteiger partial charge in [-0.15, -0.1) is 0 Å². The quantitative estimate of drug-likeness (QED) is 0.265. The number of rotatable bonds is 0. The molecule has 0 aromatic heterocycles. The first-order valence-electron chi connectivity index (χ1n) is 0.365. The largest absolute Gasteiger partial charge is 0.221 e. The minimum absolute atomic E-state index is 0.